The first kappa shape index (κ1) is 27.9. The normalized spacial score (nSPS) is 14.6. The smallest absolute Gasteiger partial charge is 0.410 e. The van der Waals surface area contributed by atoms with E-state index < -0.39 is 11.6 Å². The van der Waals surface area contributed by atoms with Crippen molar-refractivity contribution in [2.45, 2.75) is 52.7 Å². The fourth-order valence-electron chi connectivity index (χ4n) is 4.25. The lowest BCUT2D eigenvalue weighted by molar-refractivity contribution is -0.121. The van der Waals surface area contributed by atoms with E-state index in [1.54, 1.807) is 4.90 Å². The quantitative estimate of drug-likeness (QED) is 0.497. The molecule has 1 fully saturated rings. The standard InChI is InChI=1S/C29H39N5O3/c1-21(2)20-26(27(35)31-15-14-30)32-24-10-6-22(7-11-24)23-8-12-25(13-9-23)33-16-18-34(19-17-33)28(36)37-29(3,4)5/h6-13,21,26,32H,15-20H2,1-5H3,(H,31,35)/t26-/m0/s1. The topological polar surface area (TPSA) is 97.7 Å². The zero-order valence-electron chi connectivity index (χ0n) is 22.6. The predicted octanol–water partition coefficient (Wildman–Crippen LogP) is 4.88. The molecule has 3 rings (SSSR count). The van der Waals surface area contributed by atoms with Gasteiger partial charge < -0.3 is 25.2 Å². The minimum atomic E-state index is -0.485. The Hall–Kier alpha value is -3.73. The maximum absolute atomic E-state index is 12.4. The van der Waals surface area contributed by atoms with Crippen LogP contribution in [0.15, 0.2) is 48.5 Å². The van der Waals surface area contributed by atoms with Gasteiger partial charge in [-0.1, -0.05) is 38.1 Å². The van der Waals surface area contributed by atoms with Gasteiger partial charge in [-0.3, -0.25) is 4.79 Å². The van der Waals surface area contributed by atoms with Crippen molar-refractivity contribution >= 4 is 23.4 Å². The largest absolute Gasteiger partial charge is 0.444 e. The summed E-state index contributed by atoms with van der Waals surface area (Å²) in [5.74, 6) is 0.172. The summed E-state index contributed by atoms with van der Waals surface area (Å²) in [6.45, 7) is 12.6. The Balaban J connectivity index is 1.58. The van der Waals surface area contributed by atoms with Crippen molar-refractivity contribution in [3.63, 3.8) is 0 Å². The average molecular weight is 506 g/mol. The molecule has 0 radical (unpaired) electrons. The summed E-state index contributed by atoms with van der Waals surface area (Å²) >= 11 is 0. The van der Waals surface area contributed by atoms with E-state index in [2.05, 4.69) is 53.6 Å². The Bertz CT molecular complexity index is 1080. The van der Waals surface area contributed by atoms with Crippen LogP contribution >= 0.6 is 0 Å². The summed E-state index contributed by atoms with van der Waals surface area (Å²) in [4.78, 5) is 28.8. The molecule has 2 aromatic rings. The number of piperazine rings is 1. The van der Waals surface area contributed by atoms with Crippen molar-refractivity contribution in [1.29, 1.82) is 5.26 Å². The number of hydrogen-bond acceptors (Lipinski definition) is 6. The Morgan fingerprint density at radius 1 is 0.973 bits per heavy atom. The van der Waals surface area contributed by atoms with E-state index >= 15 is 0 Å². The van der Waals surface area contributed by atoms with Gasteiger partial charge in [0.2, 0.25) is 5.91 Å². The molecule has 1 aliphatic rings. The zero-order chi connectivity index (χ0) is 27.0. The summed E-state index contributed by atoms with van der Waals surface area (Å²) in [5.41, 5.74) is 3.70. The number of amides is 2. The van der Waals surface area contributed by atoms with Gasteiger partial charge in [0.1, 0.15) is 18.2 Å². The summed E-state index contributed by atoms with van der Waals surface area (Å²) in [7, 11) is 0. The highest BCUT2D eigenvalue weighted by molar-refractivity contribution is 5.85. The third-order valence-electron chi connectivity index (χ3n) is 6.09. The molecule has 198 valence electrons. The molecule has 1 heterocycles. The first-order valence-electron chi connectivity index (χ1n) is 12.9. The molecule has 1 saturated heterocycles. The molecule has 0 aromatic heterocycles. The van der Waals surface area contributed by atoms with Crippen molar-refractivity contribution in [2.75, 3.05) is 42.9 Å². The minimum absolute atomic E-state index is 0.00344. The van der Waals surface area contributed by atoms with Crippen LogP contribution in [0.5, 0.6) is 0 Å². The third kappa shape index (κ3) is 8.42. The van der Waals surface area contributed by atoms with Crippen molar-refractivity contribution < 1.29 is 14.3 Å². The van der Waals surface area contributed by atoms with Crippen LogP contribution in [0, 0.1) is 17.2 Å². The summed E-state index contributed by atoms with van der Waals surface area (Å²) in [6.07, 6.45) is 0.422. The molecule has 8 heteroatoms. The van der Waals surface area contributed by atoms with Gasteiger partial charge in [0.05, 0.1) is 6.07 Å². The number of carbonyl (C=O) groups is 2. The molecule has 1 aliphatic heterocycles. The number of anilines is 2. The van der Waals surface area contributed by atoms with E-state index in [1.807, 2.05) is 51.1 Å². The Morgan fingerprint density at radius 3 is 2.05 bits per heavy atom. The molecule has 0 spiro atoms. The lowest BCUT2D eigenvalue weighted by Gasteiger charge is -2.36. The number of rotatable bonds is 8. The number of nitrogens with one attached hydrogen (secondary N) is 2. The molecule has 8 nitrogen and oxygen atoms in total. The van der Waals surface area contributed by atoms with Crippen LogP contribution in [-0.2, 0) is 9.53 Å². The average Bonchev–Trinajstić information content (AvgIpc) is 2.86. The Morgan fingerprint density at radius 2 is 1.54 bits per heavy atom. The van der Waals surface area contributed by atoms with Gasteiger partial charge in [-0.25, -0.2) is 4.79 Å². The zero-order valence-corrected chi connectivity index (χ0v) is 22.6. The van der Waals surface area contributed by atoms with Crippen molar-refractivity contribution in [2.24, 2.45) is 5.92 Å². The molecule has 2 aromatic carbocycles. The van der Waals surface area contributed by atoms with Gasteiger partial charge in [-0.2, -0.15) is 5.26 Å². The Kier molecular flexibility index (Phi) is 9.40. The molecule has 2 amide bonds. The van der Waals surface area contributed by atoms with Gasteiger partial charge in [0, 0.05) is 37.6 Å². The fraction of sp³-hybridized carbons (Fsp3) is 0.483. The number of benzene rings is 2. The number of carbonyl (C=O) groups excluding carboxylic acids is 2. The summed E-state index contributed by atoms with van der Waals surface area (Å²) < 4.78 is 5.49. The minimum Gasteiger partial charge on any atom is -0.444 e. The lowest BCUT2D eigenvalue weighted by Crippen LogP contribution is -2.50. The van der Waals surface area contributed by atoms with E-state index in [0.29, 0.717) is 25.4 Å². The highest BCUT2D eigenvalue weighted by atomic mass is 16.6. The third-order valence-corrected chi connectivity index (χ3v) is 6.09. The van der Waals surface area contributed by atoms with Gasteiger partial charge in [-0.15, -0.1) is 0 Å². The SMILES string of the molecule is CC(C)C[C@H](Nc1ccc(-c2ccc(N3CCN(C(=O)OC(C)(C)C)CC3)cc2)cc1)C(=O)NCC#N. The molecule has 0 aliphatic carbocycles. The number of hydrogen-bond donors (Lipinski definition) is 2. The van der Waals surface area contributed by atoms with Crippen LogP contribution in [0.3, 0.4) is 0 Å². The predicted molar refractivity (Wildman–Crippen MR) is 147 cm³/mol. The highest BCUT2D eigenvalue weighted by Gasteiger charge is 2.26. The van der Waals surface area contributed by atoms with Gasteiger partial charge in [0.25, 0.3) is 0 Å². The van der Waals surface area contributed by atoms with Crippen LogP contribution in [0.4, 0.5) is 16.2 Å². The molecular formula is C29H39N5O3. The number of ether oxygens (including phenoxy) is 1. The maximum Gasteiger partial charge on any atom is 0.410 e. The number of nitriles is 1. The molecule has 37 heavy (non-hydrogen) atoms. The van der Waals surface area contributed by atoms with Crippen molar-refractivity contribution in [3.05, 3.63) is 48.5 Å². The number of nitrogens with zero attached hydrogens (tertiary/aromatic N) is 3. The second kappa shape index (κ2) is 12.5. The van der Waals surface area contributed by atoms with Crippen molar-refractivity contribution in [1.82, 2.24) is 10.2 Å². The van der Waals surface area contributed by atoms with Gasteiger partial charge >= 0.3 is 6.09 Å². The molecule has 1 atom stereocenters. The first-order chi connectivity index (χ1) is 17.6. The lowest BCUT2D eigenvalue weighted by atomic mass is 10.0. The summed E-state index contributed by atoms with van der Waals surface area (Å²) in [6, 6.07) is 18.0. The maximum atomic E-state index is 12.4. The fourth-order valence-corrected chi connectivity index (χ4v) is 4.25. The molecule has 0 saturated carbocycles. The molecule has 2 N–H and O–H groups in total. The second-order valence-electron chi connectivity index (χ2n) is 10.8. The highest BCUT2D eigenvalue weighted by Crippen LogP contribution is 2.26. The van der Waals surface area contributed by atoms with Crippen LogP contribution in [0.25, 0.3) is 11.1 Å². The van der Waals surface area contributed by atoms with E-state index in [-0.39, 0.29) is 18.5 Å². The van der Waals surface area contributed by atoms with Crippen LogP contribution in [-0.4, -0.2) is 61.3 Å². The van der Waals surface area contributed by atoms with E-state index in [0.717, 1.165) is 35.6 Å². The molecular weight excluding hydrogens is 466 g/mol. The molecule has 0 bridgehead atoms. The first-order valence-corrected chi connectivity index (χ1v) is 12.9. The monoisotopic (exact) mass is 505 g/mol. The van der Waals surface area contributed by atoms with E-state index in [9.17, 15) is 9.59 Å². The molecule has 0 unspecified atom stereocenters. The van der Waals surface area contributed by atoms with E-state index in [1.165, 1.54) is 0 Å². The van der Waals surface area contributed by atoms with Gasteiger partial charge in [-0.05, 0) is 68.5 Å². The van der Waals surface area contributed by atoms with Crippen LogP contribution in [0.2, 0.25) is 0 Å². The van der Waals surface area contributed by atoms with Gasteiger partial charge in [0.15, 0.2) is 0 Å². The second-order valence-corrected chi connectivity index (χ2v) is 10.8. The van der Waals surface area contributed by atoms with Crippen molar-refractivity contribution in [3.8, 4) is 17.2 Å². The summed E-state index contributed by atoms with van der Waals surface area (Å²) in [5, 5.41) is 14.7. The van der Waals surface area contributed by atoms with Crippen LogP contribution < -0.4 is 15.5 Å². The Labute approximate surface area is 220 Å². The van der Waals surface area contributed by atoms with Crippen LogP contribution in [0.1, 0.15) is 41.0 Å². The van der Waals surface area contributed by atoms with E-state index in [4.69, 9.17) is 10.00 Å².